The Bertz CT molecular complexity index is 9430. The molecule has 672 valence electrons. The second-order valence-corrected chi connectivity index (χ2v) is 38.3. The van der Waals surface area contributed by atoms with E-state index in [1.807, 2.05) is 55.9 Å². The molecule has 137 heavy (non-hydrogen) atoms. The molecule has 25 rings (SSSR count). The highest BCUT2D eigenvalue weighted by Gasteiger charge is 2.31. The van der Waals surface area contributed by atoms with E-state index in [0.717, 1.165) is 44.0 Å². The molecular weight excluding hydrogens is 1670 g/mol. The topological polar surface area (TPSA) is 44.0 Å². The molecule has 10 heterocycles. The number of aromatic nitrogens is 10. The molecule has 25 aromatic rings. The van der Waals surface area contributed by atoms with Crippen LogP contribution in [-0.4, -0.2) is 22.8 Å². The second-order valence-electron chi connectivity index (χ2n) is 38.3. The molecule has 0 aliphatic heterocycles. The van der Waals surface area contributed by atoms with Gasteiger partial charge in [0.05, 0.1) is 55.4 Å². The van der Waals surface area contributed by atoms with Gasteiger partial charge in [-0.25, -0.2) is 0 Å². The minimum absolute atomic E-state index is 0.287. The third kappa shape index (κ3) is 14.6. The summed E-state index contributed by atoms with van der Waals surface area (Å²) in [5, 5.41) is 24.7. The van der Waals surface area contributed by atoms with Crippen molar-refractivity contribution in [2.75, 3.05) is 0 Å². The molecule has 0 saturated heterocycles. The molecule has 0 radical (unpaired) electrons. The SMILES string of the molecule is Cc1ccc(-c2c3c(c(C)c[n+]2C)c2ccc4ccccc4c2n3C)c(C)c1.Cc1ccc(-c2c3c(cc[n+]2C)c2ccc4ccccc4c2n3C)c(C)c1.Cc1ccc2c(ccc3c4cc[n+](C)c(-c5ccccc5C)c4n(C)c23)c1.Cc1ccc2c(ccc3c4cc[n+](C)c(-c5ccccc5C)c4n(C)c23)c1.[2H]C([2H])([2H])c1ccc(-c2c3c(c(C([2H])([2H])[2H])c[n+]2C)c2ccc4ccccc4c2n3C)c(C)c1. The highest BCUT2D eigenvalue weighted by molar-refractivity contribution is 6.25. The standard InChI is InChI=1S/2C26H25N2.3C25H23N2/c2*1-16-10-12-20(17(2)14-16)25-26-23(18(3)15-27(25)4)22-13-11-19-8-6-7-9-21(19)24(22)28(26)5;1-16-9-11-19(17(2)15-16)24-25-22(13-14-26(24)3)21-12-10-18-7-5-6-8-20(18)23(21)27(25)4;2*1-16-9-11-20-18(15-16)10-12-21-22-13-14-26(3)24(25(22)27(4)23(20)21)19-8-6-5-7-17(19)2/h2*6-15H,1-5H3;3*5-15H,1-4H3/q5*+1/i1D3,3D3;;;;. The first-order chi connectivity index (χ1) is 68.5. The summed E-state index contributed by atoms with van der Waals surface area (Å²) in [6, 6.07) is 104. The lowest BCUT2D eigenvalue weighted by atomic mass is 9.99. The van der Waals surface area contributed by atoms with Crippen LogP contribution in [0.15, 0.2) is 322 Å². The predicted molar refractivity (Wildman–Crippen MR) is 580 cm³/mol. The fourth-order valence-corrected chi connectivity index (χ4v) is 22.9. The summed E-state index contributed by atoms with van der Waals surface area (Å²) in [7, 11) is 21.2. The average molecular weight is 1790 g/mol. The van der Waals surface area contributed by atoms with Gasteiger partial charge in [-0.3, -0.25) is 0 Å². The van der Waals surface area contributed by atoms with Gasteiger partial charge < -0.3 is 22.8 Å². The molecule has 0 amide bonds. The summed E-state index contributed by atoms with van der Waals surface area (Å²) >= 11 is 0. The van der Waals surface area contributed by atoms with E-state index in [4.69, 9.17) is 8.22 Å². The monoisotopic (exact) mass is 1790 g/mol. The van der Waals surface area contributed by atoms with Crippen molar-refractivity contribution in [2.45, 2.75) is 82.9 Å². The van der Waals surface area contributed by atoms with E-state index >= 15 is 0 Å². The summed E-state index contributed by atoms with van der Waals surface area (Å²) in [5.74, 6) is 0. The van der Waals surface area contributed by atoms with Gasteiger partial charge in [0.25, 0.3) is 0 Å². The first-order valence-corrected chi connectivity index (χ1v) is 47.4. The molecule has 0 unspecified atom stereocenters. The Hall–Kier alpha value is -15.7. The van der Waals surface area contributed by atoms with Gasteiger partial charge in [-0.05, 0) is 168 Å². The maximum absolute atomic E-state index is 8.26. The molecular formula is C127H119N10+5. The van der Waals surface area contributed by atoms with Crippen LogP contribution in [0, 0.1) is 82.9 Å². The van der Waals surface area contributed by atoms with Crippen LogP contribution in [0.1, 0.15) is 75.0 Å². The summed E-state index contributed by atoms with van der Waals surface area (Å²) < 4.78 is 70.6. The van der Waals surface area contributed by atoms with E-state index in [9.17, 15) is 0 Å². The van der Waals surface area contributed by atoms with E-state index < -0.39 is 13.7 Å². The number of fused-ring (bicyclic) bond motifs is 25. The number of hydrogen-bond acceptors (Lipinski definition) is 0. The van der Waals surface area contributed by atoms with Crippen molar-refractivity contribution in [3.8, 4) is 56.3 Å². The summed E-state index contributed by atoms with van der Waals surface area (Å²) in [6.45, 7) is 17.1. The van der Waals surface area contributed by atoms with Crippen molar-refractivity contribution in [3.63, 3.8) is 0 Å². The minimum atomic E-state index is -2.30. The van der Waals surface area contributed by atoms with Gasteiger partial charge in [0.15, 0.2) is 31.0 Å². The Morgan fingerprint density at radius 3 is 0.818 bits per heavy atom. The van der Waals surface area contributed by atoms with E-state index in [2.05, 4.69) is 433 Å². The molecule has 0 saturated carbocycles. The van der Waals surface area contributed by atoms with Gasteiger partial charge >= 0.3 is 0 Å². The van der Waals surface area contributed by atoms with Crippen LogP contribution in [0.2, 0.25) is 0 Å². The van der Waals surface area contributed by atoms with Crippen molar-refractivity contribution < 1.29 is 31.1 Å². The van der Waals surface area contributed by atoms with Crippen molar-refractivity contribution in [1.29, 1.82) is 0 Å². The molecule has 0 aliphatic rings. The number of benzene rings is 15. The van der Waals surface area contributed by atoms with E-state index in [1.54, 1.807) is 18.3 Å². The maximum atomic E-state index is 8.26. The quantitative estimate of drug-likeness (QED) is 0.154. The molecule has 15 aromatic carbocycles. The zero-order chi connectivity index (χ0) is 100. The van der Waals surface area contributed by atoms with Gasteiger partial charge in [0.2, 0.25) is 28.5 Å². The third-order valence-corrected chi connectivity index (χ3v) is 29.2. The fourth-order valence-electron chi connectivity index (χ4n) is 22.9. The number of aryl methyl sites for hydroxylation is 22. The molecule has 0 N–H and O–H groups in total. The number of nitrogens with zero attached hydrogens (tertiary/aromatic N) is 10. The normalized spacial score (nSPS) is 12.6. The highest BCUT2D eigenvalue weighted by atomic mass is 15.0. The predicted octanol–water partition coefficient (Wildman–Crippen LogP) is 28.6. The molecule has 10 aromatic heterocycles. The third-order valence-electron chi connectivity index (χ3n) is 29.2. The Morgan fingerprint density at radius 2 is 0.453 bits per heavy atom. The molecule has 10 nitrogen and oxygen atoms in total. The number of hydrogen-bond donors (Lipinski definition) is 0. The Morgan fingerprint density at radius 1 is 0.190 bits per heavy atom. The number of rotatable bonds is 5. The minimum Gasteiger partial charge on any atom is -0.338 e. The van der Waals surface area contributed by atoms with Crippen molar-refractivity contribution in [2.24, 2.45) is 70.5 Å². The lowest BCUT2D eigenvalue weighted by Gasteiger charge is -2.10. The Balaban J connectivity index is 0.000000106. The van der Waals surface area contributed by atoms with Crippen molar-refractivity contribution >= 4 is 163 Å². The smallest absolute Gasteiger partial charge is 0.237 e. The van der Waals surface area contributed by atoms with Crippen LogP contribution >= 0.6 is 0 Å². The molecule has 0 aliphatic carbocycles. The van der Waals surface area contributed by atoms with Gasteiger partial charge in [-0.15, -0.1) is 0 Å². The maximum Gasteiger partial charge on any atom is 0.237 e. The summed E-state index contributed by atoms with van der Waals surface area (Å²) in [4.78, 5) is 0. The van der Waals surface area contributed by atoms with Gasteiger partial charge in [0, 0.05) is 154 Å². The molecule has 0 spiro atoms. The van der Waals surface area contributed by atoms with Crippen molar-refractivity contribution in [3.05, 3.63) is 389 Å². The molecule has 10 heteroatoms. The summed E-state index contributed by atoms with van der Waals surface area (Å²) in [6.07, 6.45) is 10.5. The van der Waals surface area contributed by atoms with Gasteiger partial charge in [-0.1, -0.05) is 270 Å². The fraction of sp³-hybridized carbons (Fsp3) is 0.173. The first-order valence-electron chi connectivity index (χ1n) is 50.4. The van der Waals surface area contributed by atoms with Crippen LogP contribution in [0.3, 0.4) is 0 Å². The number of pyridine rings is 5. The molecule has 0 fully saturated rings. The first kappa shape index (κ1) is 81.0. The largest absolute Gasteiger partial charge is 0.338 e. The highest BCUT2D eigenvalue weighted by Crippen LogP contribution is 2.46. The molecule has 0 atom stereocenters. The van der Waals surface area contributed by atoms with Crippen LogP contribution in [0.25, 0.3) is 219 Å². The molecule has 0 bridgehead atoms. The van der Waals surface area contributed by atoms with E-state index in [1.165, 1.54) is 225 Å². The van der Waals surface area contributed by atoms with Gasteiger partial charge in [0.1, 0.15) is 62.8 Å². The van der Waals surface area contributed by atoms with E-state index in [-0.39, 0.29) is 5.56 Å². The van der Waals surface area contributed by atoms with Crippen LogP contribution < -0.4 is 22.8 Å². The average Bonchev–Trinajstić information content (AvgIpc) is 1.54. The Labute approximate surface area is 810 Å². The summed E-state index contributed by atoms with van der Waals surface area (Å²) in [5.41, 5.74) is 37.3. The zero-order valence-corrected chi connectivity index (χ0v) is 82.1. The van der Waals surface area contributed by atoms with E-state index in [0.29, 0.717) is 10.9 Å². The van der Waals surface area contributed by atoms with Crippen LogP contribution in [0.5, 0.6) is 0 Å². The van der Waals surface area contributed by atoms with Gasteiger partial charge in [-0.2, -0.15) is 22.8 Å². The lowest BCUT2D eigenvalue weighted by molar-refractivity contribution is -0.659. The zero-order valence-electron chi connectivity index (χ0n) is 88.1. The second kappa shape index (κ2) is 34.4. The Kier molecular flexibility index (Phi) is 20.3. The lowest BCUT2D eigenvalue weighted by Crippen LogP contribution is -2.32. The van der Waals surface area contributed by atoms with Crippen molar-refractivity contribution in [1.82, 2.24) is 22.8 Å². The van der Waals surface area contributed by atoms with Crippen LogP contribution in [-0.2, 0) is 70.5 Å². The van der Waals surface area contributed by atoms with Crippen LogP contribution in [0.4, 0.5) is 0 Å².